The summed E-state index contributed by atoms with van der Waals surface area (Å²) in [5.74, 6) is -0.148. The normalized spacial score (nSPS) is 11.7. The van der Waals surface area contributed by atoms with E-state index in [1.165, 1.54) is 23.3 Å². The number of rotatable bonds is 4. The molecule has 0 fully saturated rings. The number of hydrogen-bond donors (Lipinski definition) is 0. The molecule has 2 rings (SSSR count). The summed E-state index contributed by atoms with van der Waals surface area (Å²) in [5.41, 5.74) is 1.13. The maximum absolute atomic E-state index is 12.1. The molecule has 0 N–H and O–H groups in total. The minimum atomic E-state index is -3.41. The Bertz CT molecular complexity index is 634. The fraction of sp³-hybridized carbons (Fsp3) is 0.364. The standard InChI is InChI=1S/C11H14N4O2S/c1-3-15-13-9(2)11(14-15)8-18(16,17)10-5-4-6-12-7-10/h4-7H,3,8H2,1-2H3. The average Bonchev–Trinajstić information content (AvgIpc) is 2.71. The first-order chi connectivity index (χ1) is 8.53. The molecule has 0 aliphatic rings. The van der Waals surface area contributed by atoms with Crippen molar-refractivity contribution < 1.29 is 8.42 Å². The van der Waals surface area contributed by atoms with Gasteiger partial charge in [-0.3, -0.25) is 4.98 Å². The maximum atomic E-state index is 12.1. The number of aryl methyl sites for hydroxylation is 2. The fourth-order valence-electron chi connectivity index (χ4n) is 1.53. The Balaban J connectivity index is 2.31. The quantitative estimate of drug-likeness (QED) is 0.824. The van der Waals surface area contributed by atoms with E-state index in [1.54, 1.807) is 13.0 Å². The summed E-state index contributed by atoms with van der Waals surface area (Å²) in [4.78, 5) is 5.51. The van der Waals surface area contributed by atoms with Gasteiger partial charge in [0.2, 0.25) is 0 Å². The van der Waals surface area contributed by atoms with Gasteiger partial charge in [-0.25, -0.2) is 8.42 Å². The van der Waals surface area contributed by atoms with Gasteiger partial charge in [0.1, 0.15) is 11.4 Å². The molecule has 2 aromatic heterocycles. The molecule has 18 heavy (non-hydrogen) atoms. The lowest BCUT2D eigenvalue weighted by Gasteiger charge is -2.01. The molecule has 0 aliphatic heterocycles. The van der Waals surface area contributed by atoms with E-state index in [0.717, 1.165) is 0 Å². The minimum Gasteiger partial charge on any atom is -0.263 e. The molecule has 6 nitrogen and oxygen atoms in total. The van der Waals surface area contributed by atoms with Gasteiger partial charge < -0.3 is 0 Å². The molecule has 2 heterocycles. The van der Waals surface area contributed by atoms with E-state index >= 15 is 0 Å². The topological polar surface area (TPSA) is 77.7 Å². The Labute approximate surface area is 106 Å². The summed E-state index contributed by atoms with van der Waals surface area (Å²) in [6.45, 7) is 4.28. The molecule has 0 radical (unpaired) electrons. The molecule has 96 valence electrons. The first-order valence-corrected chi connectivity index (χ1v) is 7.21. The van der Waals surface area contributed by atoms with E-state index in [2.05, 4.69) is 15.2 Å². The molecular formula is C11H14N4O2S. The summed E-state index contributed by atoms with van der Waals surface area (Å²) in [5, 5.41) is 8.28. The summed E-state index contributed by atoms with van der Waals surface area (Å²) < 4.78 is 24.3. The first kappa shape index (κ1) is 12.7. The van der Waals surface area contributed by atoms with E-state index in [9.17, 15) is 8.42 Å². The van der Waals surface area contributed by atoms with Gasteiger partial charge >= 0.3 is 0 Å². The van der Waals surface area contributed by atoms with Crippen LogP contribution < -0.4 is 0 Å². The van der Waals surface area contributed by atoms with E-state index in [-0.39, 0.29) is 10.6 Å². The van der Waals surface area contributed by atoms with Crippen molar-refractivity contribution in [3.8, 4) is 0 Å². The van der Waals surface area contributed by atoms with Crippen LogP contribution in [-0.4, -0.2) is 28.4 Å². The predicted octanol–water partition coefficient (Wildman–Crippen LogP) is 0.975. The molecule has 7 heteroatoms. The van der Waals surface area contributed by atoms with Crippen molar-refractivity contribution >= 4 is 9.84 Å². The maximum Gasteiger partial charge on any atom is 0.185 e. The number of sulfone groups is 1. The molecule has 0 saturated carbocycles. The summed E-state index contributed by atoms with van der Waals surface area (Å²) in [7, 11) is -3.41. The van der Waals surface area contributed by atoms with Gasteiger partial charge in [0.25, 0.3) is 0 Å². The third kappa shape index (κ3) is 2.56. The van der Waals surface area contributed by atoms with Crippen LogP contribution in [-0.2, 0) is 22.1 Å². The monoisotopic (exact) mass is 266 g/mol. The zero-order valence-electron chi connectivity index (χ0n) is 10.2. The van der Waals surface area contributed by atoms with Crippen LogP contribution in [0.4, 0.5) is 0 Å². The second-order valence-electron chi connectivity index (χ2n) is 3.87. The van der Waals surface area contributed by atoms with Crippen LogP contribution in [0, 0.1) is 6.92 Å². The van der Waals surface area contributed by atoms with Crippen LogP contribution in [0.2, 0.25) is 0 Å². The number of pyridine rings is 1. The van der Waals surface area contributed by atoms with Crippen LogP contribution in [0.5, 0.6) is 0 Å². The Morgan fingerprint density at radius 2 is 2.11 bits per heavy atom. The Morgan fingerprint density at radius 3 is 2.67 bits per heavy atom. The summed E-state index contributed by atoms with van der Waals surface area (Å²) >= 11 is 0. The van der Waals surface area contributed by atoms with E-state index in [4.69, 9.17) is 0 Å². The van der Waals surface area contributed by atoms with Gasteiger partial charge in [-0.2, -0.15) is 15.0 Å². The Hall–Kier alpha value is -1.76. The van der Waals surface area contributed by atoms with E-state index < -0.39 is 9.84 Å². The molecule has 0 spiro atoms. The number of nitrogens with zero attached hydrogens (tertiary/aromatic N) is 4. The van der Waals surface area contributed by atoms with Gasteiger partial charge in [-0.15, -0.1) is 0 Å². The number of hydrogen-bond acceptors (Lipinski definition) is 5. The average molecular weight is 266 g/mol. The highest BCUT2D eigenvalue weighted by atomic mass is 32.2. The second kappa shape index (κ2) is 4.85. The zero-order chi connectivity index (χ0) is 13.2. The fourth-order valence-corrected chi connectivity index (χ4v) is 2.83. The van der Waals surface area contributed by atoms with Crippen molar-refractivity contribution in [2.24, 2.45) is 0 Å². The third-order valence-corrected chi connectivity index (χ3v) is 4.14. The summed E-state index contributed by atoms with van der Waals surface area (Å²) in [6.07, 6.45) is 2.88. The lowest BCUT2D eigenvalue weighted by atomic mass is 10.4. The highest BCUT2D eigenvalue weighted by molar-refractivity contribution is 7.90. The molecule has 0 bridgehead atoms. The van der Waals surface area contributed by atoms with Crippen molar-refractivity contribution in [2.45, 2.75) is 31.0 Å². The van der Waals surface area contributed by atoms with Gasteiger partial charge in [0, 0.05) is 12.4 Å². The van der Waals surface area contributed by atoms with Crippen LogP contribution in [0.3, 0.4) is 0 Å². The SMILES string of the molecule is CCn1nc(C)c(CS(=O)(=O)c2cccnc2)n1. The van der Waals surface area contributed by atoms with Crippen molar-refractivity contribution in [1.29, 1.82) is 0 Å². The Morgan fingerprint density at radius 1 is 1.33 bits per heavy atom. The van der Waals surface area contributed by atoms with Crippen molar-refractivity contribution in [3.63, 3.8) is 0 Å². The first-order valence-electron chi connectivity index (χ1n) is 5.56. The van der Waals surface area contributed by atoms with Gasteiger partial charge in [0.05, 0.1) is 17.1 Å². The smallest absolute Gasteiger partial charge is 0.185 e. The lowest BCUT2D eigenvalue weighted by molar-refractivity contribution is 0.561. The van der Waals surface area contributed by atoms with Crippen molar-refractivity contribution in [3.05, 3.63) is 35.9 Å². The zero-order valence-corrected chi connectivity index (χ0v) is 11.1. The summed E-state index contributed by atoms with van der Waals surface area (Å²) in [6, 6.07) is 3.13. The van der Waals surface area contributed by atoms with Crippen LogP contribution in [0.15, 0.2) is 29.4 Å². The van der Waals surface area contributed by atoms with E-state index in [1.807, 2.05) is 6.92 Å². The van der Waals surface area contributed by atoms with Gasteiger partial charge in [0.15, 0.2) is 9.84 Å². The molecular weight excluding hydrogens is 252 g/mol. The Kier molecular flexibility index (Phi) is 3.42. The highest BCUT2D eigenvalue weighted by Crippen LogP contribution is 2.15. The molecule has 2 aromatic rings. The van der Waals surface area contributed by atoms with Crippen molar-refractivity contribution in [1.82, 2.24) is 20.0 Å². The van der Waals surface area contributed by atoms with Gasteiger partial charge in [-0.1, -0.05) is 0 Å². The molecule has 0 atom stereocenters. The van der Waals surface area contributed by atoms with Crippen LogP contribution in [0.1, 0.15) is 18.3 Å². The van der Waals surface area contributed by atoms with E-state index in [0.29, 0.717) is 17.9 Å². The van der Waals surface area contributed by atoms with Crippen LogP contribution >= 0.6 is 0 Å². The van der Waals surface area contributed by atoms with Gasteiger partial charge in [-0.05, 0) is 26.0 Å². The van der Waals surface area contributed by atoms with Crippen molar-refractivity contribution in [2.75, 3.05) is 0 Å². The molecule has 0 aliphatic carbocycles. The number of aromatic nitrogens is 4. The van der Waals surface area contributed by atoms with Crippen LogP contribution in [0.25, 0.3) is 0 Å². The predicted molar refractivity (Wildman–Crippen MR) is 65.6 cm³/mol. The largest absolute Gasteiger partial charge is 0.263 e. The molecule has 0 aromatic carbocycles. The second-order valence-corrected chi connectivity index (χ2v) is 5.86. The lowest BCUT2D eigenvalue weighted by Crippen LogP contribution is -2.07. The highest BCUT2D eigenvalue weighted by Gasteiger charge is 2.19. The third-order valence-electron chi connectivity index (χ3n) is 2.52. The minimum absolute atomic E-state index is 0.148. The molecule has 0 unspecified atom stereocenters. The molecule has 0 saturated heterocycles. The molecule has 0 amide bonds.